The van der Waals surface area contributed by atoms with E-state index in [0.717, 1.165) is 18.4 Å². The molecular weight excluding hydrogens is 242 g/mol. The van der Waals surface area contributed by atoms with Gasteiger partial charge in [-0.25, -0.2) is 14.8 Å². The number of hydrogen-bond acceptors (Lipinski definition) is 4. The van der Waals surface area contributed by atoms with E-state index in [-0.39, 0.29) is 5.69 Å². The second-order valence-corrected chi connectivity index (χ2v) is 5.85. The van der Waals surface area contributed by atoms with Gasteiger partial charge in [0.1, 0.15) is 0 Å². The Hall–Kier alpha value is -1.65. The first-order valence-electron chi connectivity index (χ1n) is 6.90. The van der Waals surface area contributed by atoms with Crippen molar-refractivity contribution in [1.82, 2.24) is 9.97 Å². The number of carbonyl (C=O) groups is 1. The maximum atomic E-state index is 11.2. The molecule has 5 heteroatoms. The van der Waals surface area contributed by atoms with Crippen molar-refractivity contribution in [3.63, 3.8) is 0 Å². The van der Waals surface area contributed by atoms with Crippen LogP contribution in [0.25, 0.3) is 0 Å². The lowest BCUT2D eigenvalue weighted by Crippen LogP contribution is -2.30. The Morgan fingerprint density at radius 3 is 2.79 bits per heavy atom. The van der Waals surface area contributed by atoms with Crippen molar-refractivity contribution in [3.8, 4) is 0 Å². The highest BCUT2D eigenvalue weighted by molar-refractivity contribution is 5.90. The number of aromatic nitrogens is 2. The molecule has 0 aliphatic heterocycles. The standard InChI is InChI=1S/C14H19N3O2/c1-17(8-11-7-9-2-3-10(11)6-9)13-12(14(18)19)15-4-5-16-13/h4-5,9-11H,2-3,6-8H2,1H3,(H,18,19). The highest BCUT2D eigenvalue weighted by Crippen LogP contribution is 2.48. The number of carboxylic acid groups (broad SMARTS) is 1. The second-order valence-electron chi connectivity index (χ2n) is 5.85. The third-order valence-corrected chi connectivity index (χ3v) is 4.64. The Morgan fingerprint density at radius 2 is 2.16 bits per heavy atom. The molecule has 5 nitrogen and oxygen atoms in total. The molecule has 2 bridgehead atoms. The van der Waals surface area contributed by atoms with Gasteiger partial charge in [0.25, 0.3) is 0 Å². The van der Waals surface area contributed by atoms with Gasteiger partial charge in [0.15, 0.2) is 11.5 Å². The van der Waals surface area contributed by atoms with E-state index in [0.29, 0.717) is 11.7 Å². The van der Waals surface area contributed by atoms with E-state index in [1.54, 1.807) is 6.20 Å². The summed E-state index contributed by atoms with van der Waals surface area (Å²) in [5.41, 5.74) is 0.0492. The average molecular weight is 261 g/mol. The van der Waals surface area contributed by atoms with Crippen LogP contribution < -0.4 is 4.90 Å². The van der Waals surface area contributed by atoms with Crippen molar-refractivity contribution < 1.29 is 9.90 Å². The average Bonchev–Trinajstić information content (AvgIpc) is 3.01. The fourth-order valence-corrected chi connectivity index (χ4v) is 3.80. The van der Waals surface area contributed by atoms with E-state index in [1.807, 2.05) is 11.9 Å². The molecule has 19 heavy (non-hydrogen) atoms. The molecule has 2 fully saturated rings. The molecule has 3 atom stereocenters. The third kappa shape index (κ3) is 2.29. The molecule has 3 rings (SSSR count). The lowest BCUT2D eigenvalue weighted by molar-refractivity contribution is 0.0690. The molecule has 1 N–H and O–H groups in total. The van der Waals surface area contributed by atoms with E-state index < -0.39 is 5.97 Å². The summed E-state index contributed by atoms with van der Waals surface area (Å²) in [5, 5.41) is 9.15. The maximum Gasteiger partial charge on any atom is 0.358 e. The van der Waals surface area contributed by atoms with Gasteiger partial charge in [-0.15, -0.1) is 0 Å². The first-order chi connectivity index (χ1) is 9.15. The van der Waals surface area contributed by atoms with E-state index in [9.17, 15) is 4.79 Å². The zero-order chi connectivity index (χ0) is 13.4. The highest BCUT2D eigenvalue weighted by Gasteiger charge is 2.40. The molecule has 102 valence electrons. The van der Waals surface area contributed by atoms with Crippen LogP contribution >= 0.6 is 0 Å². The molecule has 2 aliphatic carbocycles. The van der Waals surface area contributed by atoms with Gasteiger partial charge in [-0.05, 0) is 37.0 Å². The number of aromatic carboxylic acids is 1. The van der Waals surface area contributed by atoms with Crippen molar-refractivity contribution >= 4 is 11.8 Å². The molecule has 2 aliphatic rings. The Kier molecular flexibility index (Phi) is 3.12. The zero-order valence-corrected chi connectivity index (χ0v) is 11.1. The predicted octanol–water partition coefficient (Wildman–Crippen LogP) is 2.05. The van der Waals surface area contributed by atoms with Gasteiger partial charge in [-0.2, -0.15) is 0 Å². The van der Waals surface area contributed by atoms with Crippen molar-refractivity contribution in [2.45, 2.75) is 25.7 Å². The summed E-state index contributed by atoms with van der Waals surface area (Å²) >= 11 is 0. The van der Waals surface area contributed by atoms with Gasteiger partial charge < -0.3 is 10.0 Å². The summed E-state index contributed by atoms with van der Waals surface area (Å²) in [6.45, 7) is 0.889. The van der Waals surface area contributed by atoms with Gasteiger partial charge in [0.05, 0.1) is 0 Å². The van der Waals surface area contributed by atoms with Crippen LogP contribution in [0, 0.1) is 17.8 Å². The monoisotopic (exact) mass is 261 g/mol. The molecule has 3 unspecified atom stereocenters. The van der Waals surface area contributed by atoms with Crippen LogP contribution in [0.5, 0.6) is 0 Å². The lowest BCUT2D eigenvalue weighted by atomic mass is 9.88. The van der Waals surface area contributed by atoms with Gasteiger partial charge in [-0.1, -0.05) is 6.42 Å². The molecule has 1 heterocycles. The minimum atomic E-state index is -1.01. The topological polar surface area (TPSA) is 66.3 Å². The predicted molar refractivity (Wildman–Crippen MR) is 71.2 cm³/mol. The highest BCUT2D eigenvalue weighted by atomic mass is 16.4. The maximum absolute atomic E-state index is 11.2. The number of rotatable bonds is 4. The first kappa shape index (κ1) is 12.4. The van der Waals surface area contributed by atoms with E-state index in [4.69, 9.17) is 5.11 Å². The molecule has 0 amide bonds. The SMILES string of the molecule is CN(CC1CC2CCC1C2)c1nccnc1C(=O)O. The van der Waals surface area contributed by atoms with Crippen LogP contribution in [0.3, 0.4) is 0 Å². The smallest absolute Gasteiger partial charge is 0.358 e. The van der Waals surface area contributed by atoms with Crippen molar-refractivity contribution in [1.29, 1.82) is 0 Å². The van der Waals surface area contributed by atoms with Crippen LogP contribution in [0.1, 0.15) is 36.2 Å². The zero-order valence-electron chi connectivity index (χ0n) is 11.1. The Balaban J connectivity index is 1.74. The number of carboxylic acids is 1. The Bertz CT molecular complexity index is 491. The molecule has 0 aromatic carbocycles. The third-order valence-electron chi connectivity index (χ3n) is 4.64. The van der Waals surface area contributed by atoms with Gasteiger partial charge in [0, 0.05) is 26.0 Å². The van der Waals surface area contributed by atoms with Gasteiger partial charge >= 0.3 is 5.97 Å². The summed E-state index contributed by atoms with van der Waals surface area (Å²) in [7, 11) is 1.92. The van der Waals surface area contributed by atoms with Crippen LogP contribution in [-0.4, -0.2) is 34.6 Å². The van der Waals surface area contributed by atoms with E-state index >= 15 is 0 Å². The molecule has 0 radical (unpaired) electrons. The molecule has 0 saturated heterocycles. The summed E-state index contributed by atoms with van der Waals surface area (Å²) in [4.78, 5) is 21.2. The summed E-state index contributed by atoms with van der Waals surface area (Å²) in [6.07, 6.45) is 8.37. The molecule has 0 spiro atoms. The van der Waals surface area contributed by atoms with E-state index in [1.165, 1.54) is 31.9 Å². The van der Waals surface area contributed by atoms with Crippen molar-refractivity contribution in [3.05, 3.63) is 18.1 Å². The molecule has 1 aromatic rings. The fraction of sp³-hybridized carbons (Fsp3) is 0.643. The van der Waals surface area contributed by atoms with Crippen LogP contribution in [0.4, 0.5) is 5.82 Å². The number of nitrogens with zero attached hydrogens (tertiary/aromatic N) is 3. The second kappa shape index (κ2) is 4.79. The minimum Gasteiger partial charge on any atom is -0.476 e. The van der Waals surface area contributed by atoms with Gasteiger partial charge in [0.2, 0.25) is 0 Å². The summed E-state index contributed by atoms with van der Waals surface area (Å²) < 4.78 is 0. The fourth-order valence-electron chi connectivity index (χ4n) is 3.80. The number of fused-ring (bicyclic) bond motifs is 2. The van der Waals surface area contributed by atoms with Crippen LogP contribution in [0.15, 0.2) is 12.4 Å². The Labute approximate surface area is 112 Å². The largest absolute Gasteiger partial charge is 0.476 e. The van der Waals surface area contributed by atoms with E-state index in [2.05, 4.69) is 9.97 Å². The first-order valence-corrected chi connectivity index (χ1v) is 6.90. The number of anilines is 1. The Morgan fingerprint density at radius 1 is 1.37 bits per heavy atom. The normalized spacial score (nSPS) is 28.6. The quantitative estimate of drug-likeness (QED) is 0.898. The summed E-state index contributed by atoms with van der Waals surface area (Å²) in [6, 6.07) is 0. The number of hydrogen-bond donors (Lipinski definition) is 1. The minimum absolute atomic E-state index is 0.0492. The van der Waals surface area contributed by atoms with Crippen LogP contribution in [-0.2, 0) is 0 Å². The molecule has 1 aromatic heterocycles. The van der Waals surface area contributed by atoms with Crippen molar-refractivity contribution in [2.75, 3.05) is 18.5 Å². The van der Waals surface area contributed by atoms with Crippen LogP contribution in [0.2, 0.25) is 0 Å². The summed E-state index contributed by atoms with van der Waals surface area (Å²) in [5.74, 6) is 1.90. The lowest BCUT2D eigenvalue weighted by Gasteiger charge is -2.28. The van der Waals surface area contributed by atoms with Crippen molar-refractivity contribution in [2.24, 2.45) is 17.8 Å². The molecule has 2 saturated carbocycles. The van der Waals surface area contributed by atoms with Gasteiger partial charge in [-0.3, -0.25) is 0 Å². The molecular formula is C14H19N3O2.